The third-order valence-electron chi connectivity index (χ3n) is 4.09. The molecule has 0 amide bonds. The Bertz CT molecular complexity index is 459. The first-order chi connectivity index (χ1) is 9.99. The number of hydrogen-bond acceptors (Lipinski definition) is 6. The van der Waals surface area contributed by atoms with Gasteiger partial charge in [0, 0.05) is 38.8 Å². The third kappa shape index (κ3) is 4.18. The molecule has 1 atom stereocenters. The second-order valence-electron chi connectivity index (χ2n) is 5.96. The highest BCUT2D eigenvalue weighted by Gasteiger charge is 2.25. The Morgan fingerprint density at radius 3 is 2.57 bits per heavy atom. The van der Waals surface area contributed by atoms with Crippen LogP contribution in [0.4, 0.5) is 11.5 Å². The molecule has 0 aliphatic carbocycles. The number of likely N-dealkylation sites (N-methyl/N-ethyl adjacent to an activating group) is 1. The highest BCUT2D eigenvalue weighted by atomic mass is 35.5. The Morgan fingerprint density at radius 2 is 1.95 bits per heavy atom. The summed E-state index contributed by atoms with van der Waals surface area (Å²) in [6.45, 7) is 9.73. The van der Waals surface area contributed by atoms with Crippen molar-refractivity contribution in [3.05, 3.63) is 11.5 Å². The van der Waals surface area contributed by atoms with Gasteiger partial charge in [0.15, 0.2) is 11.0 Å². The molecule has 1 aliphatic rings. The lowest BCUT2D eigenvalue weighted by Crippen LogP contribution is -2.52. The first kappa shape index (κ1) is 16.3. The average molecular weight is 313 g/mol. The molecule has 0 saturated carbocycles. The van der Waals surface area contributed by atoms with Crippen LogP contribution in [0.25, 0.3) is 0 Å². The number of piperazine rings is 1. The number of nitrogens with zero attached hydrogens (tertiary/aromatic N) is 4. The van der Waals surface area contributed by atoms with Crippen LogP contribution in [0.2, 0.25) is 5.15 Å². The zero-order chi connectivity index (χ0) is 15.4. The van der Waals surface area contributed by atoms with Crippen LogP contribution in [0, 0.1) is 5.92 Å². The molecule has 21 heavy (non-hydrogen) atoms. The van der Waals surface area contributed by atoms with Gasteiger partial charge >= 0.3 is 0 Å². The number of rotatable bonds is 5. The lowest BCUT2D eigenvalue weighted by molar-refractivity contribution is 0.0944. The van der Waals surface area contributed by atoms with Gasteiger partial charge in [-0.05, 0) is 13.0 Å². The Balaban J connectivity index is 1.98. The SMILES string of the molecule is CC(C)C(CNc1ncnc(Cl)c1N)N1CCN(C)CC1. The molecule has 1 saturated heterocycles. The summed E-state index contributed by atoms with van der Waals surface area (Å²) in [6, 6.07) is 0.451. The molecule has 1 aliphatic heterocycles. The maximum absolute atomic E-state index is 5.92. The summed E-state index contributed by atoms with van der Waals surface area (Å²) >= 11 is 5.92. The Labute approximate surface area is 131 Å². The summed E-state index contributed by atoms with van der Waals surface area (Å²) in [5.74, 6) is 1.18. The molecule has 1 fully saturated rings. The average Bonchev–Trinajstić information content (AvgIpc) is 2.45. The van der Waals surface area contributed by atoms with Gasteiger partial charge in [-0.25, -0.2) is 9.97 Å². The molecule has 2 rings (SSSR count). The molecule has 0 radical (unpaired) electrons. The van der Waals surface area contributed by atoms with Gasteiger partial charge in [-0.1, -0.05) is 25.4 Å². The Morgan fingerprint density at radius 1 is 1.29 bits per heavy atom. The van der Waals surface area contributed by atoms with Crippen LogP contribution in [0.1, 0.15) is 13.8 Å². The van der Waals surface area contributed by atoms with E-state index in [-0.39, 0.29) is 0 Å². The van der Waals surface area contributed by atoms with Crippen LogP contribution in [0.3, 0.4) is 0 Å². The number of halogens is 1. The van der Waals surface area contributed by atoms with Gasteiger partial charge in [0.2, 0.25) is 0 Å². The molecule has 2 heterocycles. The maximum atomic E-state index is 5.92. The van der Waals surface area contributed by atoms with E-state index in [1.165, 1.54) is 6.33 Å². The van der Waals surface area contributed by atoms with Crippen molar-refractivity contribution in [3.63, 3.8) is 0 Å². The quantitative estimate of drug-likeness (QED) is 0.801. The Kier molecular flexibility index (Phi) is 5.61. The van der Waals surface area contributed by atoms with Gasteiger partial charge in [-0.15, -0.1) is 0 Å². The summed E-state index contributed by atoms with van der Waals surface area (Å²) < 4.78 is 0. The van der Waals surface area contributed by atoms with E-state index < -0.39 is 0 Å². The fourth-order valence-corrected chi connectivity index (χ4v) is 2.79. The van der Waals surface area contributed by atoms with Gasteiger partial charge in [-0.3, -0.25) is 4.90 Å². The van der Waals surface area contributed by atoms with Crippen LogP contribution in [-0.4, -0.2) is 65.6 Å². The molecule has 1 unspecified atom stereocenters. The van der Waals surface area contributed by atoms with Gasteiger partial charge < -0.3 is 16.0 Å². The van der Waals surface area contributed by atoms with Crippen molar-refractivity contribution in [2.24, 2.45) is 5.92 Å². The molecular formula is C14H25ClN6. The van der Waals surface area contributed by atoms with Crippen LogP contribution in [0.15, 0.2) is 6.33 Å². The van der Waals surface area contributed by atoms with Crippen LogP contribution in [-0.2, 0) is 0 Å². The zero-order valence-corrected chi connectivity index (χ0v) is 13.8. The van der Waals surface area contributed by atoms with Crippen LogP contribution in [0.5, 0.6) is 0 Å². The van der Waals surface area contributed by atoms with Crippen LogP contribution >= 0.6 is 11.6 Å². The molecule has 1 aromatic rings. The van der Waals surface area contributed by atoms with Gasteiger partial charge in [-0.2, -0.15) is 0 Å². The van der Waals surface area contributed by atoms with Crippen molar-refractivity contribution in [1.29, 1.82) is 0 Å². The second kappa shape index (κ2) is 7.24. The van der Waals surface area contributed by atoms with E-state index in [0.717, 1.165) is 32.7 Å². The number of anilines is 2. The van der Waals surface area contributed by atoms with Crippen molar-refractivity contribution < 1.29 is 0 Å². The van der Waals surface area contributed by atoms with Crippen LogP contribution < -0.4 is 11.1 Å². The minimum atomic E-state index is 0.299. The minimum Gasteiger partial charge on any atom is -0.393 e. The van der Waals surface area contributed by atoms with E-state index in [2.05, 4.69) is 46.0 Å². The van der Waals surface area contributed by atoms with E-state index in [4.69, 9.17) is 17.3 Å². The molecule has 0 bridgehead atoms. The summed E-state index contributed by atoms with van der Waals surface area (Å²) in [6.07, 6.45) is 1.43. The number of nitrogens with one attached hydrogen (secondary N) is 1. The van der Waals surface area contributed by atoms with Crippen molar-refractivity contribution in [2.45, 2.75) is 19.9 Å². The zero-order valence-electron chi connectivity index (χ0n) is 13.0. The number of hydrogen-bond donors (Lipinski definition) is 2. The normalized spacial score (nSPS) is 18.9. The predicted octanol–water partition coefficient (Wildman–Crippen LogP) is 1.40. The maximum Gasteiger partial charge on any atom is 0.157 e. The Hall–Kier alpha value is -1.11. The fraction of sp³-hybridized carbons (Fsp3) is 0.714. The van der Waals surface area contributed by atoms with Gasteiger partial charge in [0.25, 0.3) is 0 Å². The van der Waals surface area contributed by atoms with Crippen molar-refractivity contribution in [2.75, 3.05) is 50.8 Å². The minimum absolute atomic E-state index is 0.299. The molecule has 1 aromatic heterocycles. The largest absolute Gasteiger partial charge is 0.393 e. The highest BCUT2D eigenvalue weighted by molar-refractivity contribution is 6.32. The van der Waals surface area contributed by atoms with E-state index in [1.807, 2.05) is 0 Å². The summed E-state index contributed by atoms with van der Waals surface area (Å²) in [4.78, 5) is 12.9. The van der Waals surface area contributed by atoms with Gasteiger partial charge in [0.1, 0.15) is 12.0 Å². The van der Waals surface area contributed by atoms with Crippen molar-refractivity contribution >= 4 is 23.1 Å². The van der Waals surface area contributed by atoms with E-state index in [0.29, 0.717) is 28.6 Å². The van der Waals surface area contributed by atoms with E-state index in [9.17, 15) is 0 Å². The van der Waals surface area contributed by atoms with Crippen molar-refractivity contribution in [1.82, 2.24) is 19.8 Å². The first-order valence-electron chi connectivity index (χ1n) is 7.41. The van der Waals surface area contributed by atoms with E-state index in [1.54, 1.807) is 0 Å². The van der Waals surface area contributed by atoms with Crippen molar-refractivity contribution in [3.8, 4) is 0 Å². The molecule has 7 heteroatoms. The van der Waals surface area contributed by atoms with E-state index >= 15 is 0 Å². The molecule has 0 spiro atoms. The second-order valence-corrected chi connectivity index (χ2v) is 6.32. The molecule has 118 valence electrons. The number of aromatic nitrogens is 2. The summed E-state index contributed by atoms with van der Waals surface area (Å²) in [5, 5.41) is 3.63. The monoisotopic (exact) mass is 312 g/mol. The topological polar surface area (TPSA) is 70.3 Å². The fourth-order valence-electron chi connectivity index (χ4n) is 2.66. The molecular weight excluding hydrogens is 288 g/mol. The molecule has 6 nitrogen and oxygen atoms in total. The number of nitrogen functional groups attached to an aromatic ring is 1. The highest BCUT2D eigenvalue weighted by Crippen LogP contribution is 2.22. The lowest BCUT2D eigenvalue weighted by Gasteiger charge is -2.40. The third-order valence-corrected chi connectivity index (χ3v) is 4.39. The standard InChI is InChI=1S/C14H25ClN6/c1-10(2)11(21-6-4-20(3)5-7-21)8-17-14-12(16)13(15)18-9-19-14/h9-11H,4-8,16H2,1-3H3,(H,17,18,19). The predicted molar refractivity (Wildman–Crippen MR) is 87.6 cm³/mol. The smallest absolute Gasteiger partial charge is 0.157 e. The van der Waals surface area contributed by atoms with Gasteiger partial charge in [0.05, 0.1) is 0 Å². The summed E-state index contributed by atoms with van der Waals surface area (Å²) in [5.41, 5.74) is 6.32. The summed E-state index contributed by atoms with van der Waals surface area (Å²) in [7, 11) is 2.17. The molecule has 0 aromatic carbocycles. The lowest BCUT2D eigenvalue weighted by atomic mass is 10.0. The number of nitrogens with two attached hydrogens (primary N) is 1. The molecule has 3 N–H and O–H groups in total. The first-order valence-corrected chi connectivity index (χ1v) is 7.79.